The minimum absolute atomic E-state index is 0.208. The third kappa shape index (κ3) is 9.81. The molecule has 3 N–H and O–H groups in total. The van der Waals surface area contributed by atoms with Gasteiger partial charge in [-0.15, -0.1) is 0 Å². The van der Waals surface area contributed by atoms with Gasteiger partial charge in [0.15, 0.2) is 0 Å². The Hall–Kier alpha value is -1.10. The van der Waals surface area contributed by atoms with Gasteiger partial charge in [-0.25, -0.2) is 0 Å². The van der Waals surface area contributed by atoms with Gasteiger partial charge in [-0.1, -0.05) is 12.8 Å². The first-order valence-electron chi connectivity index (χ1n) is 5.92. The maximum absolute atomic E-state index is 11.3. The molecule has 0 amide bonds. The smallest absolute Gasteiger partial charge is 0.320 e. The molecule has 17 heavy (non-hydrogen) atoms. The molecule has 0 rings (SSSR count). The zero-order valence-electron chi connectivity index (χ0n) is 10.9. The number of unbranched alkanes of at least 4 members (excludes halogenated alkanes) is 2. The lowest BCUT2D eigenvalue weighted by atomic mass is 10.1. The first-order chi connectivity index (χ1) is 7.72. The monoisotopic (exact) mass is 245 g/mol. The summed E-state index contributed by atoms with van der Waals surface area (Å²) in [5.41, 5.74) is 4.91. The lowest BCUT2D eigenvalue weighted by molar-refractivity contribution is -0.155. The summed E-state index contributed by atoms with van der Waals surface area (Å²) >= 11 is 0. The highest BCUT2D eigenvalue weighted by Crippen LogP contribution is 2.11. The average molecular weight is 245 g/mol. The van der Waals surface area contributed by atoms with Crippen molar-refractivity contribution in [2.24, 2.45) is 5.73 Å². The number of aliphatic carboxylic acids is 1. The van der Waals surface area contributed by atoms with Crippen LogP contribution < -0.4 is 5.73 Å². The average Bonchev–Trinajstić information content (AvgIpc) is 2.13. The van der Waals surface area contributed by atoms with Crippen molar-refractivity contribution in [3.63, 3.8) is 0 Å². The molecule has 0 unspecified atom stereocenters. The Morgan fingerprint density at radius 3 is 2.29 bits per heavy atom. The van der Waals surface area contributed by atoms with Crippen LogP contribution in [0, 0.1) is 0 Å². The van der Waals surface area contributed by atoms with E-state index < -0.39 is 17.6 Å². The highest BCUT2D eigenvalue weighted by atomic mass is 16.6. The number of nitrogens with two attached hydrogens (primary N) is 1. The lowest BCUT2D eigenvalue weighted by Crippen LogP contribution is -2.29. The van der Waals surface area contributed by atoms with E-state index in [1.165, 1.54) is 0 Å². The summed E-state index contributed by atoms with van der Waals surface area (Å²) in [6, 6.07) is -0.795. The van der Waals surface area contributed by atoms with Crippen LogP contribution in [0.25, 0.3) is 0 Å². The number of carbonyl (C=O) groups excluding carboxylic acids is 1. The summed E-state index contributed by atoms with van der Waals surface area (Å²) in [6.45, 7) is 5.49. The normalized spacial score (nSPS) is 13.2. The molecule has 0 spiro atoms. The Kier molecular flexibility index (Phi) is 6.80. The summed E-state index contributed by atoms with van der Waals surface area (Å²) in [7, 11) is 0. The SMILES string of the molecule is CC(C)(C)OC(=O)CCCCC[C@H](N)C(=O)O. The van der Waals surface area contributed by atoms with Crippen molar-refractivity contribution in [3.8, 4) is 0 Å². The van der Waals surface area contributed by atoms with Crippen molar-refractivity contribution in [1.82, 2.24) is 0 Å². The predicted molar refractivity (Wildman–Crippen MR) is 64.5 cm³/mol. The largest absolute Gasteiger partial charge is 0.480 e. The number of hydrogen-bond acceptors (Lipinski definition) is 4. The molecule has 0 radical (unpaired) electrons. The fraction of sp³-hybridized carbons (Fsp3) is 0.833. The van der Waals surface area contributed by atoms with Gasteiger partial charge in [-0.2, -0.15) is 0 Å². The number of rotatable bonds is 7. The zero-order valence-corrected chi connectivity index (χ0v) is 10.9. The molecule has 0 aromatic carbocycles. The van der Waals surface area contributed by atoms with Gasteiger partial charge in [0, 0.05) is 6.42 Å². The molecular formula is C12H23NO4. The molecule has 5 heteroatoms. The minimum atomic E-state index is -0.975. The molecule has 0 aromatic rings. The van der Waals surface area contributed by atoms with Crippen molar-refractivity contribution >= 4 is 11.9 Å². The Morgan fingerprint density at radius 2 is 1.82 bits per heavy atom. The molecule has 0 saturated carbocycles. The van der Waals surface area contributed by atoms with Gasteiger partial charge in [0.25, 0.3) is 0 Å². The Bertz CT molecular complexity index is 258. The summed E-state index contributed by atoms with van der Waals surface area (Å²) in [4.78, 5) is 21.8. The molecule has 0 aliphatic heterocycles. The predicted octanol–water partition coefficient (Wildman–Crippen LogP) is 1.69. The van der Waals surface area contributed by atoms with E-state index in [2.05, 4.69) is 0 Å². The summed E-state index contributed by atoms with van der Waals surface area (Å²) in [5, 5.41) is 8.56. The van der Waals surface area contributed by atoms with Crippen LogP contribution in [0.15, 0.2) is 0 Å². The van der Waals surface area contributed by atoms with Crippen LogP contribution in [-0.4, -0.2) is 28.7 Å². The molecular weight excluding hydrogens is 222 g/mol. The molecule has 0 fully saturated rings. The standard InChI is InChI=1S/C12H23NO4/c1-12(2,3)17-10(14)8-6-4-5-7-9(13)11(15)16/h9H,4-8,13H2,1-3H3,(H,15,16)/t9-/m0/s1. The fourth-order valence-corrected chi connectivity index (χ4v) is 1.33. The highest BCUT2D eigenvalue weighted by Gasteiger charge is 2.15. The summed E-state index contributed by atoms with van der Waals surface area (Å²) < 4.78 is 5.15. The third-order valence-electron chi connectivity index (χ3n) is 2.13. The van der Waals surface area contributed by atoms with E-state index >= 15 is 0 Å². The van der Waals surface area contributed by atoms with E-state index in [-0.39, 0.29) is 5.97 Å². The topological polar surface area (TPSA) is 89.6 Å². The van der Waals surface area contributed by atoms with Crippen LogP contribution in [0.2, 0.25) is 0 Å². The second kappa shape index (κ2) is 7.27. The number of ether oxygens (including phenoxy) is 1. The molecule has 0 aliphatic rings. The van der Waals surface area contributed by atoms with Gasteiger partial charge in [0.05, 0.1) is 0 Å². The van der Waals surface area contributed by atoms with Crippen LogP contribution in [0.3, 0.4) is 0 Å². The second-order valence-corrected chi connectivity index (χ2v) is 5.13. The Labute approximate surface area is 102 Å². The number of carboxylic acids is 1. The molecule has 0 saturated heterocycles. The van der Waals surface area contributed by atoms with Gasteiger partial charge in [0.1, 0.15) is 11.6 Å². The maximum Gasteiger partial charge on any atom is 0.320 e. The molecule has 5 nitrogen and oxygen atoms in total. The first kappa shape index (κ1) is 15.9. The van der Waals surface area contributed by atoms with Gasteiger partial charge in [-0.05, 0) is 33.6 Å². The molecule has 0 heterocycles. The molecule has 100 valence electrons. The fourth-order valence-electron chi connectivity index (χ4n) is 1.33. The summed E-state index contributed by atoms with van der Waals surface area (Å²) in [5.74, 6) is -1.18. The van der Waals surface area contributed by atoms with E-state index in [9.17, 15) is 9.59 Å². The summed E-state index contributed by atoms with van der Waals surface area (Å²) in [6.07, 6.45) is 3.04. The maximum atomic E-state index is 11.3. The zero-order chi connectivity index (χ0) is 13.5. The van der Waals surface area contributed by atoms with Gasteiger partial charge in [0.2, 0.25) is 0 Å². The van der Waals surface area contributed by atoms with Gasteiger partial charge >= 0.3 is 11.9 Å². The van der Waals surface area contributed by atoms with Crippen LogP contribution in [0.5, 0.6) is 0 Å². The van der Waals surface area contributed by atoms with Gasteiger partial charge < -0.3 is 15.6 Å². The van der Waals surface area contributed by atoms with E-state index in [1.54, 1.807) is 0 Å². The van der Waals surface area contributed by atoms with E-state index in [4.69, 9.17) is 15.6 Å². The Balaban J connectivity index is 3.52. The molecule has 1 atom stereocenters. The highest BCUT2D eigenvalue weighted by molar-refractivity contribution is 5.72. The first-order valence-corrected chi connectivity index (χ1v) is 5.92. The quantitative estimate of drug-likeness (QED) is 0.526. The van der Waals surface area contributed by atoms with E-state index in [0.717, 1.165) is 12.8 Å². The van der Waals surface area contributed by atoms with Crippen LogP contribution in [0.1, 0.15) is 52.9 Å². The molecule has 0 bridgehead atoms. The van der Waals surface area contributed by atoms with Crippen LogP contribution in [-0.2, 0) is 14.3 Å². The van der Waals surface area contributed by atoms with Crippen molar-refractivity contribution < 1.29 is 19.4 Å². The second-order valence-electron chi connectivity index (χ2n) is 5.13. The third-order valence-corrected chi connectivity index (χ3v) is 2.13. The van der Waals surface area contributed by atoms with E-state index in [1.807, 2.05) is 20.8 Å². The minimum Gasteiger partial charge on any atom is -0.480 e. The van der Waals surface area contributed by atoms with Crippen LogP contribution >= 0.6 is 0 Å². The number of hydrogen-bond donors (Lipinski definition) is 2. The number of esters is 1. The number of carbonyl (C=O) groups is 2. The molecule has 0 aliphatic carbocycles. The van der Waals surface area contributed by atoms with Crippen molar-refractivity contribution in [2.75, 3.05) is 0 Å². The van der Waals surface area contributed by atoms with Crippen molar-refractivity contribution in [1.29, 1.82) is 0 Å². The lowest BCUT2D eigenvalue weighted by Gasteiger charge is -2.19. The van der Waals surface area contributed by atoms with Gasteiger partial charge in [-0.3, -0.25) is 9.59 Å². The van der Waals surface area contributed by atoms with Crippen LogP contribution in [0.4, 0.5) is 0 Å². The van der Waals surface area contributed by atoms with Crippen molar-refractivity contribution in [2.45, 2.75) is 64.5 Å². The molecule has 0 aromatic heterocycles. The number of carboxylic acid groups (broad SMARTS) is 1. The van der Waals surface area contributed by atoms with Crippen molar-refractivity contribution in [3.05, 3.63) is 0 Å². The van der Waals surface area contributed by atoms with E-state index in [0.29, 0.717) is 19.3 Å². The Morgan fingerprint density at radius 1 is 1.24 bits per heavy atom.